The van der Waals surface area contributed by atoms with E-state index in [2.05, 4.69) is 10.3 Å². The lowest BCUT2D eigenvalue weighted by atomic mass is 10.3. The van der Waals surface area contributed by atoms with E-state index in [1.54, 1.807) is 14.0 Å². The zero-order valence-electron chi connectivity index (χ0n) is 7.33. The third-order valence-electron chi connectivity index (χ3n) is 1.43. The molecule has 2 N–H and O–H groups in total. The minimum Gasteiger partial charge on any atom is -0.481 e. The molecule has 0 saturated heterocycles. The third kappa shape index (κ3) is 2.95. The second kappa shape index (κ2) is 4.71. The number of oxazole rings is 1. The Balaban J connectivity index is 0.00000144. The van der Waals surface area contributed by atoms with Crippen LogP contribution in [-0.2, 0) is 11.2 Å². The van der Waals surface area contributed by atoms with Gasteiger partial charge in [-0.3, -0.25) is 4.79 Å². The summed E-state index contributed by atoms with van der Waals surface area (Å²) in [5.74, 6) is -0.365. The maximum absolute atomic E-state index is 10.3. The summed E-state index contributed by atoms with van der Waals surface area (Å²) in [7, 11) is 1.66. The van der Waals surface area contributed by atoms with E-state index in [-0.39, 0.29) is 18.8 Å². The molecule has 0 saturated carbocycles. The quantitative estimate of drug-likeness (QED) is 0.774. The van der Waals surface area contributed by atoms with Crippen LogP contribution in [0.2, 0.25) is 0 Å². The molecule has 0 unspecified atom stereocenters. The number of aliphatic carboxylic acids is 1. The molecule has 0 aromatic carbocycles. The van der Waals surface area contributed by atoms with E-state index in [9.17, 15) is 4.79 Å². The van der Waals surface area contributed by atoms with Crippen molar-refractivity contribution in [3.8, 4) is 0 Å². The highest BCUT2D eigenvalue weighted by Crippen LogP contribution is 2.13. The van der Waals surface area contributed by atoms with Crippen molar-refractivity contribution in [1.82, 2.24) is 4.98 Å². The predicted molar refractivity (Wildman–Crippen MR) is 49.4 cm³/mol. The third-order valence-corrected chi connectivity index (χ3v) is 1.43. The lowest BCUT2D eigenvalue weighted by Crippen LogP contribution is -2.01. The molecule has 5 nitrogen and oxygen atoms in total. The van der Waals surface area contributed by atoms with Gasteiger partial charge in [0.05, 0.1) is 12.1 Å². The van der Waals surface area contributed by atoms with Crippen LogP contribution in [0.4, 0.5) is 6.01 Å². The van der Waals surface area contributed by atoms with E-state index in [1.807, 2.05) is 0 Å². The number of carboxylic acid groups (broad SMARTS) is 1. The van der Waals surface area contributed by atoms with Crippen molar-refractivity contribution in [2.75, 3.05) is 12.4 Å². The Hall–Kier alpha value is -1.23. The van der Waals surface area contributed by atoms with Crippen LogP contribution in [0.1, 0.15) is 11.5 Å². The average Bonchev–Trinajstić information content (AvgIpc) is 2.31. The molecule has 0 aliphatic carbocycles. The molecule has 1 aromatic rings. The molecule has 1 heterocycles. The molecular weight excluding hydrogens is 196 g/mol. The Kier molecular flexibility index (Phi) is 4.27. The molecule has 0 fully saturated rings. The van der Waals surface area contributed by atoms with E-state index in [0.29, 0.717) is 17.5 Å². The van der Waals surface area contributed by atoms with E-state index in [0.717, 1.165) is 0 Å². The lowest BCUT2D eigenvalue weighted by molar-refractivity contribution is -0.136. The predicted octanol–water partition coefficient (Wildman–Crippen LogP) is 1.07. The van der Waals surface area contributed by atoms with Crippen LogP contribution in [0.5, 0.6) is 0 Å². The van der Waals surface area contributed by atoms with Crippen molar-refractivity contribution in [3.05, 3.63) is 11.5 Å². The highest BCUT2D eigenvalue weighted by molar-refractivity contribution is 5.85. The summed E-state index contributed by atoms with van der Waals surface area (Å²) in [5.41, 5.74) is 0.465. The summed E-state index contributed by atoms with van der Waals surface area (Å²) in [6.07, 6.45) is -0.100. The van der Waals surface area contributed by atoms with E-state index in [1.165, 1.54) is 0 Å². The van der Waals surface area contributed by atoms with Crippen molar-refractivity contribution in [2.24, 2.45) is 0 Å². The second-order valence-electron chi connectivity index (χ2n) is 2.34. The van der Waals surface area contributed by atoms with Crippen LogP contribution in [0, 0.1) is 6.92 Å². The molecule has 0 aliphatic rings. The monoisotopic (exact) mass is 206 g/mol. The first-order chi connectivity index (χ1) is 5.63. The van der Waals surface area contributed by atoms with Gasteiger partial charge in [-0.25, -0.2) is 0 Å². The number of carboxylic acids is 1. The largest absolute Gasteiger partial charge is 0.481 e. The fourth-order valence-electron chi connectivity index (χ4n) is 0.842. The highest BCUT2D eigenvalue weighted by Gasteiger charge is 2.11. The summed E-state index contributed by atoms with van der Waals surface area (Å²) in [4.78, 5) is 14.2. The molecule has 0 bridgehead atoms. The van der Waals surface area contributed by atoms with Gasteiger partial charge in [0.25, 0.3) is 6.01 Å². The zero-order valence-corrected chi connectivity index (χ0v) is 8.14. The summed E-state index contributed by atoms with van der Waals surface area (Å²) in [6.45, 7) is 1.69. The number of carbonyl (C=O) groups is 1. The normalized spacial score (nSPS) is 9.08. The van der Waals surface area contributed by atoms with Crippen molar-refractivity contribution >= 4 is 24.4 Å². The number of aromatic nitrogens is 1. The van der Waals surface area contributed by atoms with Crippen LogP contribution in [0.15, 0.2) is 4.42 Å². The van der Waals surface area contributed by atoms with Crippen LogP contribution in [0.3, 0.4) is 0 Å². The van der Waals surface area contributed by atoms with Gasteiger partial charge < -0.3 is 14.8 Å². The molecule has 0 spiro atoms. The summed E-state index contributed by atoms with van der Waals surface area (Å²) >= 11 is 0. The first-order valence-corrected chi connectivity index (χ1v) is 3.49. The van der Waals surface area contributed by atoms with Gasteiger partial charge in [0.1, 0.15) is 5.76 Å². The van der Waals surface area contributed by atoms with Crippen LogP contribution in [-0.4, -0.2) is 23.1 Å². The fourth-order valence-corrected chi connectivity index (χ4v) is 0.842. The minimum absolute atomic E-state index is 0. The van der Waals surface area contributed by atoms with Gasteiger partial charge in [0, 0.05) is 7.05 Å². The van der Waals surface area contributed by atoms with Crippen LogP contribution < -0.4 is 5.32 Å². The Morgan fingerprint density at radius 2 is 2.31 bits per heavy atom. The molecule has 6 heteroatoms. The number of rotatable bonds is 3. The molecule has 0 radical (unpaired) electrons. The van der Waals surface area contributed by atoms with E-state index >= 15 is 0 Å². The Morgan fingerprint density at radius 1 is 1.69 bits per heavy atom. The average molecular weight is 207 g/mol. The first-order valence-electron chi connectivity index (χ1n) is 3.49. The smallest absolute Gasteiger partial charge is 0.309 e. The number of nitrogens with zero attached hydrogens (tertiary/aromatic N) is 1. The summed E-state index contributed by atoms with van der Waals surface area (Å²) in [5, 5.41) is 11.2. The molecule has 13 heavy (non-hydrogen) atoms. The first kappa shape index (κ1) is 11.8. The van der Waals surface area contributed by atoms with E-state index < -0.39 is 5.97 Å². The van der Waals surface area contributed by atoms with Gasteiger partial charge in [0.15, 0.2) is 0 Å². The number of hydrogen-bond donors (Lipinski definition) is 2. The molecule has 1 aromatic heterocycles. The maximum atomic E-state index is 10.3. The summed E-state index contributed by atoms with van der Waals surface area (Å²) in [6, 6.07) is 0.351. The minimum atomic E-state index is -0.908. The molecule has 1 rings (SSSR count). The molecule has 0 aliphatic heterocycles. The standard InChI is InChI=1S/C7H10N2O3.ClH/c1-4-5(3-6(10)11)9-7(8-2)12-4;/h3H2,1-2H3,(H,8,9)(H,10,11);1H. The number of hydrogen-bond acceptors (Lipinski definition) is 4. The number of nitrogens with one attached hydrogen (secondary N) is 1. The maximum Gasteiger partial charge on any atom is 0.309 e. The van der Waals surface area contributed by atoms with Crippen molar-refractivity contribution in [2.45, 2.75) is 13.3 Å². The van der Waals surface area contributed by atoms with Gasteiger partial charge in [0.2, 0.25) is 0 Å². The van der Waals surface area contributed by atoms with Crippen molar-refractivity contribution in [3.63, 3.8) is 0 Å². The number of anilines is 1. The van der Waals surface area contributed by atoms with Gasteiger partial charge >= 0.3 is 5.97 Å². The topological polar surface area (TPSA) is 75.4 Å². The molecule has 0 atom stereocenters. The SMILES string of the molecule is CNc1nc(CC(=O)O)c(C)o1.Cl. The zero-order chi connectivity index (χ0) is 9.14. The van der Waals surface area contributed by atoms with Gasteiger partial charge in [-0.05, 0) is 6.92 Å². The van der Waals surface area contributed by atoms with Crippen molar-refractivity contribution < 1.29 is 14.3 Å². The van der Waals surface area contributed by atoms with Gasteiger partial charge in [-0.15, -0.1) is 12.4 Å². The van der Waals surface area contributed by atoms with Crippen LogP contribution in [0.25, 0.3) is 0 Å². The Morgan fingerprint density at radius 3 is 2.69 bits per heavy atom. The summed E-state index contributed by atoms with van der Waals surface area (Å²) < 4.78 is 5.08. The van der Waals surface area contributed by atoms with Crippen LogP contribution >= 0.6 is 12.4 Å². The molecule has 0 amide bonds. The fraction of sp³-hybridized carbons (Fsp3) is 0.429. The highest BCUT2D eigenvalue weighted by atomic mass is 35.5. The van der Waals surface area contributed by atoms with Crippen molar-refractivity contribution in [1.29, 1.82) is 0 Å². The Labute approximate surface area is 81.6 Å². The molecule has 74 valence electrons. The van der Waals surface area contributed by atoms with Gasteiger partial charge in [-0.2, -0.15) is 4.98 Å². The number of halogens is 1. The lowest BCUT2D eigenvalue weighted by Gasteiger charge is -1.87. The van der Waals surface area contributed by atoms with E-state index in [4.69, 9.17) is 9.52 Å². The Bertz CT molecular complexity index is 298. The second-order valence-corrected chi connectivity index (χ2v) is 2.34. The molecular formula is C7H11ClN2O3. The number of aryl methyl sites for hydroxylation is 1. The van der Waals surface area contributed by atoms with Gasteiger partial charge in [-0.1, -0.05) is 0 Å².